The highest BCUT2D eigenvalue weighted by Crippen LogP contribution is 2.31. The van der Waals surface area contributed by atoms with Crippen LogP contribution in [-0.2, 0) is 11.3 Å². The lowest BCUT2D eigenvalue weighted by molar-refractivity contribution is -0.117. The van der Waals surface area contributed by atoms with Gasteiger partial charge in [0.2, 0.25) is 5.91 Å². The number of carbonyl (C=O) groups excluding carboxylic acids is 2. The first-order chi connectivity index (χ1) is 11.1. The lowest BCUT2D eigenvalue weighted by Gasteiger charge is -2.11. The summed E-state index contributed by atoms with van der Waals surface area (Å²) in [6, 6.07) is 7.06. The molecule has 6 nitrogen and oxygen atoms in total. The van der Waals surface area contributed by atoms with E-state index in [9.17, 15) is 9.59 Å². The molecule has 3 rings (SSSR count). The summed E-state index contributed by atoms with van der Waals surface area (Å²) in [5.41, 5.74) is 8.12. The molecule has 4 N–H and O–H groups in total. The van der Waals surface area contributed by atoms with Crippen molar-refractivity contribution in [1.29, 1.82) is 0 Å². The van der Waals surface area contributed by atoms with Crippen molar-refractivity contribution >= 4 is 23.2 Å². The molecule has 0 radical (unpaired) electrons. The van der Waals surface area contributed by atoms with Crippen molar-refractivity contribution in [2.75, 3.05) is 10.6 Å². The Hall–Kier alpha value is -2.60. The van der Waals surface area contributed by atoms with E-state index in [0.29, 0.717) is 22.7 Å². The average Bonchev–Trinajstić information content (AvgIpc) is 3.28. The van der Waals surface area contributed by atoms with E-state index in [4.69, 9.17) is 10.2 Å². The molecule has 1 aliphatic carbocycles. The van der Waals surface area contributed by atoms with Gasteiger partial charge in [0.15, 0.2) is 0 Å². The van der Waals surface area contributed by atoms with Crippen LogP contribution in [0.2, 0.25) is 0 Å². The Bertz CT molecular complexity index is 747. The number of aryl methyl sites for hydroxylation is 1. The molecule has 23 heavy (non-hydrogen) atoms. The van der Waals surface area contributed by atoms with E-state index in [2.05, 4.69) is 10.6 Å². The number of furan rings is 1. The normalized spacial score (nSPS) is 13.7. The van der Waals surface area contributed by atoms with Crippen LogP contribution in [0.4, 0.5) is 11.4 Å². The molecule has 1 aromatic carbocycles. The van der Waals surface area contributed by atoms with Crippen LogP contribution in [0.25, 0.3) is 0 Å². The van der Waals surface area contributed by atoms with E-state index < -0.39 is 0 Å². The van der Waals surface area contributed by atoms with Crippen molar-refractivity contribution in [3.8, 4) is 0 Å². The molecule has 2 amide bonds. The van der Waals surface area contributed by atoms with Gasteiger partial charge >= 0.3 is 0 Å². The van der Waals surface area contributed by atoms with Crippen LogP contribution in [0, 0.1) is 12.8 Å². The third-order valence-electron chi connectivity index (χ3n) is 3.82. The number of hydrogen-bond donors (Lipinski definition) is 3. The van der Waals surface area contributed by atoms with E-state index in [1.54, 1.807) is 12.1 Å². The molecule has 0 bridgehead atoms. The van der Waals surface area contributed by atoms with E-state index >= 15 is 0 Å². The van der Waals surface area contributed by atoms with Crippen LogP contribution in [0.1, 0.15) is 34.5 Å². The van der Waals surface area contributed by atoms with Gasteiger partial charge in [-0.2, -0.15) is 0 Å². The van der Waals surface area contributed by atoms with Gasteiger partial charge < -0.3 is 20.8 Å². The number of hydrogen-bond acceptors (Lipinski definition) is 4. The second-order valence-corrected chi connectivity index (χ2v) is 5.75. The Labute approximate surface area is 134 Å². The fourth-order valence-corrected chi connectivity index (χ4v) is 2.23. The number of anilines is 2. The van der Waals surface area contributed by atoms with Crippen molar-refractivity contribution in [3.05, 3.63) is 47.4 Å². The molecule has 0 aliphatic heterocycles. The summed E-state index contributed by atoms with van der Waals surface area (Å²) >= 11 is 0. The number of carbonyl (C=O) groups is 2. The maximum absolute atomic E-state index is 12.2. The number of nitrogens with one attached hydrogen (secondary N) is 2. The minimum Gasteiger partial charge on any atom is -0.467 e. The maximum atomic E-state index is 12.2. The van der Waals surface area contributed by atoms with Crippen molar-refractivity contribution in [2.24, 2.45) is 11.7 Å². The summed E-state index contributed by atoms with van der Waals surface area (Å²) in [7, 11) is 0. The molecule has 2 aromatic rings. The standard InChI is InChI=1S/C17H19N3O3/c1-10-2-5-13(19-16(21)11-3-4-11)7-15(10)20-17(22)12-6-14(8-18)23-9-12/h2,5-7,9,11H,3-4,8,18H2,1H3,(H,19,21)(H,20,22). The maximum Gasteiger partial charge on any atom is 0.258 e. The van der Waals surface area contributed by atoms with Gasteiger partial charge in [-0.05, 0) is 43.5 Å². The zero-order valence-corrected chi connectivity index (χ0v) is 12.9. The predicted octanol–water partition coefficient (Wildman–Crippen LogP) is 2.65. The summed E-state index contributed by atoms with van der Waals surface area (Å²) < 4.78 is 5.17. The molecular formula is C17H19N3O3. The van der Waals surface area contributed by atoms with Gasteiger partial charge in [0.25, 0.3) is 5.91 Å². The molecule has 1 saturated carbocycles. The molecule has 1 aromatic heterocycles. The van der Waals surface area contributed by atoms with Crippen LogP contribution >= 0.6 is 0 Å². The molecule has 120 valence electrons. The van der Waals surface area contributed by atoms with Crippen LogP contribution in [-0.4, -0.2) is 11.8 Å². The number of rotatable bonds is 5. The average molecular weight is 313 g/mol. The van der Waals surface area contributed by atoms with Gasteiger partial charge in [-0.15, -0.1) is 0 Å². The quantitative estimate of drug-likeness (QED) is 0.790. The van der Waals surface area contributed by atoms with Crippen molar-refractivity contribution in [1.82, 2.24) is 0 Å². The summed E-state index contributed by atoms with van der Waals surface area (Å²) in [5.74, 6) is 0.447. The second kappa shape index (κ2) is 6.26. The highest BCUT2D eigenvalue weighted by Gasteiger charge is 2.29. The van der Waals surface area contributed by atoms with Gasteiger partial charge in [-0.25, -0.2) is 0 Å². The van der Waals surface area contributed by atoms with Gasteiger partial charge in [-0.1, -0.05) is 6.07 Å². The summed E-state index contributed by atoms with van der Waals surface area (Å²) in [6.07, 6.45) is 3.28. The van der Waals surface area contributed by atoms with E-state index in [1.807, 2.05) is 19.1 Å². The van der Waals surface area contributed by atoms with Gasteiger partial charge in [0.05, 0.1) is 12.1 Å². The van der Waals surface area contributed by atoms with Gasteiger partial charge in [0, 0.05) is 17.3 Å². The van der Waals surface area contributed by atoms with Crippen LogP contribution in [0.3, 0.4) is 0 Å². The molecule has 1 aliphatic rings. The van der Waals surface area contributed by atoms with E-state index in [-0.39, 0.29) is 24.3 Å². The SMILES string of the molecule is Cc1ccc(NC(=O)C2CC2)cc1NC(=O)c1coc(CN)c1. The Kier molecular flexibility index (Phi) is 4.16. The first-order valence-corrected chi connectivity index (χ1v) is 7.57. The van der Waals surface area contributed by atoms with Gasteiger partial charge in [0.1, 0.15) is 12.0 Å². The van der Waals surface area contributed by atoms with Crippen molar-refractivity contribution in [2.45, 2.75) is 26.3 Å². The molecule has 1 fully saturated rings. The molecule has 6 heteroatoms. The fourth-order valence-electron chi connectivity index (χ4n) is 2.23. The smallest absolute Gasteiger partial charge is 0.258 e. The van der Waals surface area contributed by atoms with E-state index in [1.165, 1.54) is 6.26 Å². The Morgan fingerprint density at radius 3 is 2.70 bits per heavy atom. The topological polar surface area (TPSA) is 97.4 Å². The zero-order chi connectivity index (χ0) is 16.4. The first-order valence-electron chi connectivity index (χ1n) is 7.57. The third-order valence-corrected chi connectivity index (χ3v) is 3.82. The van der Waals surface area contributed by atoms with Crippen LogP contribution in [0.5, 0.6) is 0 Å². The lowest BCUT2D eigenvalue weighted by Crippen LogP contribution is -2.15. The number of amides is 2. The predicted molar refractivity (Wildman–Crippen MR) is 87.1 cm³/mol. The molecule has 0 spiro atoms. The highest BCUT2D eigenvalue weighted by atomic mass is 16.3. The van der Waals surface area contributed by atoms with E-state index in [0.717, 1.165) is 18.4 Å². The summed E-state index contributed by atoms with van der Waals surface area (Å²) in [6.45, 7) is 2.14. The Morgan fingerprint density at radius 1 is 1.26 bits per heavy atom. The number of benzene rings is 1. The zero-order valence-electron chi connectivity index (χ0n) is 12.9. The Morgan fingerprint density at radius 2 is 2.04 bits per heavy atom. The van der Waals surface area contributed by atoms with Crippen LogP contribution < -0.4 is 16.4 Å². The molecule has 0 unspecified atom stereocenters. The first kappa shape index (κ1) is 15.3. The third kappa shape index (κ3) is 3.60. The fraction of sp³-hybridized carbons (Fsp3) is 0.294. The molecular weight excluding hydrogens is 294 g/mol. The lowest BCUT2D eigenvalue weighted by atomic mass is 10.1. The minimum atomic E-state index is -0.276. The summed E-state index contributed by atoms with van der Waals surface area (Å²) in [4.78, 5) is 24.1. The minimum absolute atomic E-state index is 0.0357. The van der Waals surface area contributed by atoms with Crippen molar-refractivity contribution in [3.63, 3.8) is 0 Å². The van der Waals surface area contributed by atoms with Crippen LogP contribution in [0.15, 0.2) is 34.9 Å². The molecule has 0 saturated heterocycles. The number of nitrogens with two attached hydrogens (primary N) is 1. The second-order valence-electron chi connectivity index (χ2n) is 5.75. The van der Waals surface area contributed by atoms with Crippen molar-refractivity contribution < 1.29 is 14.0 Å². The summed E-state index contributed by atoms with van der Waals surface area (Å²) in [5, 5.41) is 5.70. The highest BCUT2D eigenvalue weighted by molar-refractivity contribution is 6.05. The van der Waals surface area contributed by atoms with Gasteiger partial charge in [-0.3, -0.25) is 9.59 Å². The molecule has 0 atom stereocenters. The molecule has 1 heterocycles. The monoisotopic (exact) mass is 313 g/mol. The largest absolute Gasteiger partial charge is 0.467 e. The Balaban J connectivity index is 1.73.